The number of hydrogen-bond donors (Lipinski definition) is 2. The van der Waals surface area contributed by atoms with E-state index in [0.29, 0.717) is 22.6 Å². The first-order valence-electron chi connectivity index (χ1n) is 8.26. The highest BCUT2D eigenvalue weighted by atomic mass is 35.5. The van der Waals surface area contributed by atoms with E-state index >= 15 is 0 Å². The topological polar surface area (TPSA) is 87.7 Å². The molecule has 0 saturated heterocycles. The summed E-state index contributed by atoms with van der Waals surface area (Å²) in [7, 11) is 1.57. The molecule has 3 rings (SSSR count). The number of methoxy groups -OCH3 is 1. The molecule has 0 unspecified atom stereocenters. The quantitative estimate of drug-likeness (QED) is 0.343. The molecule has 3 N–H and O–H groups in total. The van der Waals surface area contributed by atoms with Crippen LogP contribution < -0.4 is 10.5 Å². The molecule has 1 aromatic heterocycles. The molecule has 11 heteroatoms. The number of hydrogen-bond acceptors (Lipinski definition) is 5. The minimum Gasteiger partial charge on any atom is -0.497 e. The number of aromatic nitrogens is 2. The Morgan fingerprint density at radius 1 is 1.27 bits per heavy atom. The average molecular weight is 473 g/mol. The third-order valence-corrected chi connectivity index (χ3v) is 5.93. The van der Waals surface area contributed by atoms with Crippen LogP contribution in [0, 0.1) is 11.3 Å². The number of rotatable bonds is 5. The van der Waals surface area contributed by atoms with Gasteiger partial charge in [-0.15, -0.1) is 0 Å². The molecule has 0 aliphatic heterocycles. The van der Waals surface area contributed by atoms with E-state index in [1.807, 2.05) is 30.3 Å². The van der Waals surface area contributed by atoms with Gasteiger partial charge in [-0.2, -0.15) is 23.5 Å². The fraction of sp³-hybridized carbons (Fsp3) is 0.158. The predicted molar refractivity (Wildman–Crippen MR) is 111 cm³/mol. The fourth-order valence-electron chi connectivity index (χ4n) is 2.69. The maximum Gasteiger partial charge on any atom is 0.418 e. The molecule has 3 aromatic rings. The van der Waals surface area contributed by atoms with E-state index in [4.69, 9.17) is 33.7 Å². The SMILES string of the molecule is COc1ccc(CSc2n[nH]c(-c3c(Cl)cc(C(F)(F)F)c(N)c3Cl)c2C#N)cc1. The zero-order valence-corrected chi connectivity index (χ0v) is 17.6. The molecule has 0 aliphatic rings. The summed E-state index contributed by atoms with van der Waals surface area (Å²) in [5.41, 5.74) is 4.93. The van der Waals surface area contributed by atoms with Crippen molar-refractivity contribution in [2.75, 3.05) is 12.8 Å². The number of nitrogens with one attached hydrogen (secondary N) is 1. The average Bonchev–Trinajstić information content (AvgIpc) is 3.11. The third-order valence-electron chi connectivity index (χ3n) is 4.19. The van der Waals surface area contributed by atoms with Crippen molar-refractivity contribution in [3.8, 4) is 23.1 Å². The van der Waals surface area contributed by atoms with Crippen molar-refractivity contribution in [1.82, 2.24) is 10.2 Å². The van der Waals surface area contributed by atoms with E-state index in [9.17, 15) is 18.4 Å². The summed E-state index contributed by atoms with van der Waals surface area (Å²) in [6, 6.07) is 10.0. The van der Waals surface area contributed by atoms with Crippen LogP contribution >= 0.6 is 35.0 Å². The Morgan fingerprint density at radius 3 is 2.50 bits per heavy atom. The number of ether oxygens (including phenoxy) is 1. The molecule has 1 heterocycles. The Balaban J connectivity index is 1.96. The zero-order chi connectivity index (χ0) is 22.1. The maximum absolute atomic E-state index is 13.1. The largest absolute Gasteiger partial charge is 0.497 e. The number of nitrogens with zero attached hydrogens (tertiary/aromatic N) is 2. The predicted octanol–water partition coefficient (Wildman–Crippen LogP) is 6.16. The van der Waals surface area contributed by atoms with E-state index < -0.39 is 22.4 Å². The molecule has 30 heavy (non-hydrogen) atoms. The van der Waals surface area contributed by atoms with E-state index in [1.54, 1.807) is 7.11 Å². The Bertz CT molecular complexity index is 1120. The standard InChI is InChI=1S/C19H13Cl2F3N4OS/c1-29-10-4-2-9(3-5-10)8-30-18-11(7-25)17(27-28-18)14-13(20)6-12(19(22,23)24)16(26)15(14)21/h2-6H,8,26H2,1H3,(H,27,28). The second-order valence-electron chi connectivity index (χ2n) is 6.03. The maximum atomic E-state index is 13.1. The van der Waals surface area contributed by atoms with Gasteiger partial charge in [0, 0.05) is 11.3 Å². The summed E-state index contributed by atoms with van der Waals surface area (Å²) in [4.78, 5) is 0. The lowest BCUT2D eigenvalue weighted by Crippen LogP contribution is -2.10. The zero-order valence-electron chi connectivity index (χ0n) is 15.3. The summed E-state index contributed by atoms with van der Waals surface area (Å²) in [6.07, 6.45) is -4.72. The van der Waals surface area contributed by atoms with Gasteiger partial charge >= 0.3 is 6.18 Å². The molecule has 2 aromatic carbocycles. The second kappa shape index (κ2) is 8.68. The van der Waals surface area contributed by atoms with Crippen LogP contribution in [-0.4, -0.2) is 17.3 Å². The van der Waals surface area contributed by atoms with Gasteiger partial charge in [0.05, 0.1) is 34.1 Å². The molecule has 0 aliphatic carbocycles. The molecule has 0 saturated carbocycles. The minimum absolute atomic E-state index is 0.0100. The highest BCUT2D eigenvalue weighted by Gasteiger charge is 2.36. The number of nitriles is 1. The molecular weight excluding hydrogens is 460 g/mol. The van der Waals surface area contributed by atoms with Gasteiger partial charge in [0.2, 0.25) is 0 Å². The van der Waals surface area contributed by atoms with Crippen LogP contribution in [0.15, 0.2) is 35.4 Å². The van der Waals surface area contributed by atoms with Gasteiger partial charge in [0.15, 0.2) is 0 Å². The molecule has 0 fully saturated rings. The highest BCUT2D eigenvalue weighted by molar-refractivity contribution is 7.98. The normalized spacial score (nSPS) is 11.4. The van der Waals surface area contributed by atoms with Gasteiger partial charge in [-0.25, -0.2) is 0 Å². The number of halogens is 5. The summed E-state index contributed by atoms with van der Waals surface area (Å²) >= 11 is 13.4. The number of anilines is 1. The smallest absolute Gasteiger partial charge is 0.418 e. The molecule has 0 radical (unpaired) electrons. The Labute approximate surface area is 183 Å². The van der Waals surface area contributed by atoms with Gasteiger partial charge in [0.25, 0.3) is 0 Å². The lowest BCUT2D eigenvalue weighted by Gasteiger charge is -2.15. The first-order valence-corrected chi connectivity index (χ1v) is 10.0. The van der Waals surface area contributed by atoms with Gasteiger partial charge < -0.3 is 10.5 Å². The Kier molecular flexibility index (Phi) is 6.41. The van der Waals surface area contributed by atoms with Crippen molar-refractivity contribution >= 4 is 40.7 Å². The van der Waals surface area contributed by atoms with Gasteiger partial charge in [-0.05, 0) is 23.8 Å². The van der Waals surface area contributed by atoms with Gasteiger partial charge in [-0.3, -0.25) is 5.10 Å². The number of thioether (sulfide) groups is 1. The van der Waals surface area contributed by atoms with E-state index in [0.717, 1.165) is 5.56 Å². The van der Waals surface area contributed by atoms with Crippen molar-refractivity contribution in [3.63, 3.8) is 0 Å². The Morgan fingerprint density at radius 2 is 1.93 bits per heavy atom. The van der Waals surface area contributed by atoms with Crippen LogP contribution in [0.5, 0.6) is 5.75 Å². The number of alkyl halides is 3. The van der Waals surface area contributed by atoms with Crippen molar-refractivity contribution in [3.05, 3.63) is 57.1 Å². The molecule has 0 amide bonds. The van der Waals surface area contributed by atoms with Crippen LogP contribution in [0.25, 0.3) is 11.3 Å². The van der Waals surface area contributed by atoms with Gasteiger partial charge in [-0.1, -0.05) is 47.1 Å². The molecule has 156 valence electrons. The van der Waals surface area contributed by atoms with Crippen LogP contribution in [0.3, 0.4) is 0 Å². The fourth-order valence-corrected chi connectivity index (χ4v) is 4.23. The summed E-state index contributed by atoms with van der Waals surface area (Å²) in [5, 5.41) is 16.0. The molecule has 0 atom stereocenters. The van der Waals surface area contributed by atoms with E-state index in [-0.39, 0.29) is 21.8 Å². The summed E-state index contributed by atoms with van der Waals surface area (Å²) in [5.74, 6) is 1.22. The lowest BCUT2D eigenvalue weighted by atomic mass is 10.0. The van der Waals surface area contributed by atoms with Crippen LogP contribution in [0.1, 0.15) is 16.7 Å². The van der Waals surface area contributed by atoms with Crippen molar-refractivity contribution in [2.45, 2.75) is 17.0 Å². The number of aromatic amines is 1. The minimum atomic E-state index is -4.72. The van der Waals surface area contributed by atoms with Crippen LogP contribution in [-0.2, 0) is 11.9 Å². The van der Waals surface area contributed by atoms with Crippen LogP contribution in [0.2, 0.25) is 10.0 Å². The monoisotopic (exact) mass is 472 g/mol. The molecule has 0 spiro atoms. The number of nitrogens with two attached hydrogens (primary N) is 1. The summed E-state index contributed by atoms with van der Waals surface area (Å²) < 4.78 is 44.5. The molecule has 5 nitrogen and oxygen atoms in total. The van der Waals surface area contributed by atoms with Crippen molar-refractivity contribution in [2.24, 2.45) is 0 Å². The lowest BCUT2D eigenvalue weighted by molar-refractivity contribution is -0.136. The molecule has 0 bridgehead atoms. The first-order chi connectivity index (χ1) is 14.2. The summed E-state index contributed by atoms with van der Waals surface area (Å²) in [6.45, 7) is 0. The van der Waals surface area contributed by atoms with Gasteiger partial charge in [0.1, 0.15) is 22.4 Å². The first kappa shape index (κ1) is 22.2. The number of nitrogen functional groups attached to an aromatic ring is 1. The highest BCUT2D eigenvalue weighted by Crippen LogP contribution is 2.46. The number of benzene rings is 2. The Hall–Kier alpha value is -2.54. The van der Waals surface area contributed by atoms with E-state index in [1.165, 1.54) is 11.8 Å². The van der Waals surface area contributed by atoms with Crippen LogP contribution in [0.4, 0.5) is 18.9 Å². The van der Waals surface area contributed by atoms with Crippen molar-refractivity contribution in [1.29, 1.82) is 5.26 Å². The third kappa shape index (κ3) is 4.31. The van der Waals surface area contributed by atoms with E-state index in [2.05, 4.69) is 10.2 Å². The molecular formula is C19H13Cl2F3N4OS. The second-order valence-corrected chi connectivity index (χ2v) is 7.78. The number of H-pyrrole nitrogens is 1. The van der Waals surface area contributed by atoms with Crippen molar-refractivity contribution < 1.29 is 17.9 Å².